The fourth-order valence-electron chi connectivity index (χ4n) is 2.75. The van der Waals surface area contributed by atoms with Crippen LogP contribution in [0.5, 0.6) is 0 Å². The first-order valence-electron chi connectivity index (χ1n) is 8.56. The first-order valence-corrected chi connectivity index (χ1v) is 9.32. The third kappa shape index (κ3) is 4.91. The van der Waals surface area contributed by atoms with Gasteiger partial charge in [0.2, 0.25) is 0 Å². The maximum atomic E-state index is 12.5. The molecule has 0 fully saturated rings. The fraction of sp³-hybridized carbons (Fsp3) is 0.0909. The number of carbonyl (C=O) groups excluding carboxylic acids is 2. The van der Waals surface area contributed by atoms with Crippen LogP contribution in [0.15, 0.2) is 78.9 Å². The maximum absolute atomic E-state index is 12.5. The van der Waals surface area contributed by atoms with Gasteiger partial charge in [0, 0.05) is 0 Å². The van der Waals surface area contributed by atoms with E-state index in [1.54, 1.807) is 6.07 Å². The minimum atomic E-state index is -0.748. The molecule has 0 atom stereocenters. The van der Waals surface area contributed by atoms with Crippen LogP contribution in [0.2, 0.25) is 10.0 Å². The summed E-state index contributed by atoms with van der Waals surface area (Å²) in [6.07, 6.45) is 0. The second-order valence-electron chi connectivity index (χ2n) is 5.99. The number of halogens is 2. The Morgan fingerprint density at radius 3 is 1.79 bits per heavy atom. The monoisotopic (exact) mass is 413 g/mol. The molecular weight excluding hydrogens is 397 g/mol. The van der Waals surface area contributed by atoms with Crippen molar-refractivity contribution in [2.24, 2.45) is 0 Å². The predicted octanol–water partition coefficient (Wildman–Crippen LogP) is 5.06. The second kappa shape index (κ2) is 9.40. The van der Waals surface area contributed by atoms with Gasteiger partial charge in [-0.05, 0) is 23.3 Å². The molecular formula is C22H17Cl2NO3. The molecule has 6 heteroatoms. The van der Waals surface area contributed by atoms with E-state index in [4.69, 9.17) is 27.9 Å². The van der Waals surface area contributed by atoms with Crippen LogP contribution in [0.25, 0.3) is 0 Å². The van der Waals surface area contributed by atoms with Crippen molar-refractivity contribution in [1.82, 2.24) is 5.32 Å². The standard InChI is InChI=1S/C22H17Cl2NO3/c23-17-12-7-13-18(24)20(17)22(27)28-14-19(26)25-21(15-8-3-1-4-9-15)16-10-5-2-6-11-16/h1-13,21H,14H2,(H,25,26). The van der Waals surface area contributed by atoms with Gasteiger partial charge >= 0.3 is 5.97 Å². The number of amides is 1. The average molecular weight is 414 g/mol. The zero-order chi connectivity index (χ0) is 19.9. The van der Waals surface area contributed by atoms with Gasteiger partial charge < -0.3 is 10.1 Å². The lowest BCUT2D eigenvalue weighted by Gasteiger charge is -2.20. The van der Waals surface area contributed by atoms with E-state index in [2.05, 4.69) is 5.32 Å². The first-order chi connectivity index (χ1) is 13.6. The van der Waals surface area contributed by atoms with Gasteiger partial charge in [0.1, 0.15) is 0 Å². The Bertz CT molecular complexity index is 902. The third-order valence-corrected chi connectivity index (χ3v) is 4.70. The molecule has 0 aliphatic heterocycles. The molecule has 0 aromatic heterocycles. The number of ether oxygens (including phenoxy) is 1. The van der Waals surface area contributed by atoms with Gasteiger partial charge in [-0.3, -0.25) is 4.79 Å². The van der Waals surface area contributed by atoms with Crippen molar-refractivity contribution < 1.29 is 14.3 Å². The van der Waals surface area contributed by atoms with Crippen molar-refractivity contribution in [3.05, 3.63) is 106 Å². The van der Waals surface area contributed by atoms with Crippen molar-refractivity contribution >= 4 is 35.1 Å². The van der Waals surface area contributed by atoms with Crippen LogP contribution in [-0.4, -0.2) is 18.5 Å². The zero-order valence-electron chi connectivity index (χ0n) is 14.8. The molecule has 3 aromatic carbocycles. The lowest BCUT2D eigenvalue weighted by Crippen LogP contribution is -2.33. The van der Waals surface area contributed by atoms with Crippen LogP contribution in [-0.2, 0) is 9.53 Å². The fourth-order valence-corrected chi connectivity index (χ4v) is 3.30. The molecule has 3 aromatic rings. The lowest BCUT2D eigenvalue weighted by molar-refractivity contribution is -0.124. The van der Waals surface area contributed by atoms with Crippen molar-refractivity contribution in [3.8, 4) is 0 Å². The number of carbonyl (C=O) groups is 2. The molecule has 0 aliphatic carbocycles. The van der Waals surface area contributed by atoms with Gasteiger partial charge in [-0.2, -0.15) is 0 Å². The largest absolute Gasteiger partial charge is 0.452 e. The first kappa shape index (κ1) is 19.9. The summed E-state index contributed by atoms with van der Waals surface area (Å²) in [5.74, 6) is -1.18. The van der Waals surface area contributed by atoms with E-state index in [0.717, 1.165) is 11.1 Å². The van der Waals surface area contributed by atoms with Crippen molar-refractivity contribution in [1.29, 1.82) is 0 Å². The molecule has 0 heterocycles. The summed E-state index contributed by atoms with van der Waals surface area (Å²) >= 11 is 12.0. The average Bonchev–Trinajstić information content (AvgIpc) is 2.71. The van der Waals surface area contributed by atoms with E-state index in [1.165, 1.54) is 12.1 Å². The van der Waals surface area contributed by atoms with Crippen LogP contribution in [0.4, 0.5) is 0 Å². The number of rotatable bonds is 6. The minimum absolute atomic E-state index is 0.0429. The molecule has 0 aliphatic rings. The summed E-state index contributed by atoms with van der Waals surface area (Å²) in [5, 5.41) is 3.24. The predicted molar refractivity (Wildman–Crippen MR) is 110 cm³/mol. The van der Waals surface area contributed by atoms with Gasteiger partial charge in [0.15, 0.2) is 6.61 Å². The van der Waals surface area contributed by atoms with Gasteiger partial charge in [-0.25, -0.2) is 4.79 Å². The molecule has 142 valence electrons. The van der Waals surface area contributed by atoms with Gasteiger partial charge in [0.25, 0.3) is 5.91 Å². The minimum Gasteiger partial charge on any atom is -0.452 e. The molecule has 3 rings (SSSR count). The molecule has 1 N–H and O–H groups in total. The summed E-state index contributed by atoms with van der Waals surface area (Å²) in [5.41, 5.74) is 1.88. The van der Waals surface area contributed by atoms with Crippen molar-refractivity contribution in [3.63, 3.8) is 0 Å². The van der Waals surface area contributed by atoms with E-state index in [-0.39, 0.29) is 21.7 Å². The Hall–Kier alpha value is -2.82. The summed E-state index contributed by atoms with van der Waals surface area (Å²) in [4.78, 5) is 24.7. The highest BCUT2D eigenvalue weighted by Gasteiger charge is 2.20. The Kier molecular flexibility index (Phi) is 6.69. The second-order valence-corrected chi connectivity index (χ2v) is 6.81. The molecule has 0 bridgehead atoms. The number of nitrogens with one attached hydrogen (secondary N) is 1. The quantitative estimate of drug-likeness (QED) is 0.574. The van der Waals surface area contributed by atoms with Crippen LogP contribution in [0, 0.1) is 0 Å². The third-order valence-electron chi connectivity index (χ3n) is 4.07. The van der Waals surface area contributed by atoms with Crippen LogP contribution >= 0.6 is 23.2 Å². The van der Waals surface area contributed by atoms with Gasteiger partial charge in [0.05, 0.1) is 21.7 Å². The van der Waals surface area contributed by atoms with Gasteiger partial charge in [-0.1, -0.05) is 89.9 Å². The maximum Gasteiger partial charge on any atom is 0.341 e. The van der Waals surface area contributed by atoms with E-state index < -0.39 is 18.5 Å². The molecule has 28 heavy (non-hydrogen) atoms. The Morgan fingerprint density at radius 2 is 1.29 bits per heavy atom. The summed E-state index contributed by atoms with van der Waals surface area (Å²) < 4.78 is 5.10. The highest BCUT2D eigenvalue weighted by atomic mass is 35.5. The molecule has 0 saturated carbocycles. The van der Waals surface area contributed by atoms with E-state index >= 15 is 0 Å². The van der Waals surface area contributed by atoms with Crippen molar-refractivity contribution in [2.45, 2.75) is 6.04 Å². The zero-order valence-corrected chi connectivity index (χ0v) is 16.3. The van der Waals surface area contributed by atoms with E-state index in [0.29, 0.717) is 0 Å². The highest BCUT2D eigenvalue weighted by molar-refractivity contribution is 6.39. The molecule has 0 saturated heterocycles. The van der Waals surface area contributed by atoms with Crippen LogP contribution in [0.3, 0.4) is 0 Å². The number of benzene rings is 3. The summed E-state index contributed by atoms with van der Waals surface area (Å²) in [6, 6.07) is 23.4. The SMILES string of the molecule is O=C(COC(=O)c1c(Cl)cccc1Cl)NC(c1ccccc1)c1ccccc1. The van der Waals surface area contributed by atoms with Gasteiger partial charge in [-0.15, -0.1) is 0 Å². The van der Waals surface area contributed by atoms with E-state index in [9.17, 15) is 9.59 Å². The molecule has 1 amide bonds. The smallest absolute Gasteiger partial charge is 0.341 e. The number of hydrogen-bond donors (Lipinski definition) is 1. The van der Waals surface area contributed by atoms with Crippen LogP contribution in [0.1, 0.15) is 27.5 Å². The van der Waals surface area contributed by atoms with Crippen LogP contribution < -0.4 is 5.32 Å². The molecule has 0 radical (unpaired) electrons. The molecule has 4 nitrogen and oxygen atoms in total. The normalized spacial score (nSPS) is 10.5. The Morgan fingerprint density at radius 1 is 0.786 bits per heavy atom. The molecule has 0 unspecified atom stereocenters. The number of hydrogen-bond acceptors (Lipinski definition) is 3. The Balaban J connectivity index is 1.70. The number of esters is 1. The summed E-state index contributed by atoms with van der Waals surface area (Å²) in [6.45, 7) is -0.448. The topological polar surface area (TPSA) is 55.4 Å². The molecule has 0 spiro atoms. The van der Waals surface area contributed by atoms with E-state index in [1.807, 2.05) is 60.7 Å². The highest BCUT2D eigenvalue weighted by Crippen LogP contribution is 2.25. The van der Waals surface area contributed by atoms with Crippen molar-refractivity contribution in [2.75, 3.05) is 6.61 Å². The Labute approximate surface area is 173 Å². The summed E-state index contributed by atoms with van der Waals surface area (Å²) in [7, 11) is 0. The lowest BCUT2D eigenvalue weighted by atomic mass is 9.99.